The quantitative estimate of drug-likeness (QED) is 0.191. The van der Waals surface area contributed by atoms with Crippen molar-refractivity contribution in [3.8, 4) is 17.6 Å². The zero-order chi connectivity index (χ0) is 28.4. The fourth-order valence-corrected chi connectivity index (χ4v) is 4.25. The van der Waals surface area contributed by atoms with E-state index >= 15 is 0 Å². The summed E-state index contributed by atoms with van der Waals surface area (Å²) in [6.07, 6.45) is 13.3. The van der Waals surface area contributed by atoms with E-state index in [0.29, 0.717) is 24.0 Å². The monoisotopic (exact) mass is 539 g/mol. The van der Waals surface area contributed by atoms with Crippen molar-refractivity contribution in [3.05, 3.63) is 126 Å². The third kappa shape index (κ3) is 6.94. The Balaban J connectivity index is 1.35. The summed E-state index contributed by atoms with van der Waals surface area (Å²) in [6, 6.07) is 19.1. The molecule has 202 valence electrons. The van der Waals surface area contributed by atoms with Crippen LogP contribution in [-0.4, -0.2) is 40.0 Å². The van der Waals surface area contributed by atoms with Crippen LogP contribution in [-0.2, 0) is 6.42 Å². The summed E-state index contributed by atoms with van der Waals surface area (Å²) in [4.78, 5) is 22.1. The highest BCUT2D eigenvalue weighted by molar-refractivity contribution is 6.14. The number of hydrogen-bond acceptors (Lipinski definition) is 5. The van der Waals surface area contributed by atoms with Crippen molar-refractivity contribution in [1.82, 2.24) is 15.2 Å². The number of ether oxygens (including phenoxy) is 1. The van der Waals surface area contributed by atoms with Crippen LogP contribution < -0.4 is 10.1 Å². The molecular formula is C34H29N5O2. The number of aromatic amines is 1. The molecule has 3 heterocycles. The zero-order valence-corrected chi connectivity index (χ0v) is 22.7. The number of anilines is 1. The number of H-pyrrole nitrogens is 1. The van der Waals surface area contributed by atoms with Crippen molar-refractivity contribution in [3.63, 3.8) is 0 Å². The van der Waals surface area contributed by atoms with Crippen molar-refractivity contribution in [2.45, 2.75) is 19.4 Å². The van der Waals surface area contributed by atoms with E-state index in [4.69, 9.17) is 4.74 Å². The molecule has 0 radical (unpaired) electrons. The molecule has 4 aromatic rings. The molecule has 1 aliphatic heterocycles. The van der Waals surface area contributed by atoms with Gasteiger partial charge >= 0.3 is 0 Å². The number of benzene rings is 2. The van der Waals surface area contributed by atoms with Crippen LogP contribution in [0.15, 0.2) is 114 Å². The Hall–Kier alpha value is -5.48. The Morgan fingerprint density at radius 1 is 1.20 bits per heavy atom. The molecule has 2 N–H and O–H groups in total. The molecule has 0 aliphatic carbocycles. The van der Waals surface area contributed by atoms with E-state index < -0.39 is 6.10 Å². The third-order valence-corrected chi connectivity index (χ3v) is 6.33. The van der Waals surface area contributed by atoms with Gasteiger partial charge in [0.1, 0.15) is 5.75 Å². The van der Waals surface area contributed by atoms with E-state index in [0.717, 1.165) is 33.7 Å². The van der Waals surface area contributed by atoms with Gasteiger partial charge in [-0.15, -0.1) is 0 Å². The Morgan fingerprint density at radius 3 is 2.85 bits per heavy atom. The topological polar surface area (TPSA) is 92.3 Å². The van der Waals surface area contributed by atoms with Gasteiger partial charge in [0, 0.05) is 29.3 Å². The molecule has 7 heteroatoms. The first-order chi connectivity index (χ1) is 20.1. The average molecular weight is 540 g/mol. The first kappa shape index (κ1) is 27.1. The molecule has 41 heavy (non-hydrogen) atoms. The van der Waals surface area contributed by atoms with E-state index in [1.807, 2.05) is 98.0 Å². The Morgan fingerprint density at radius 2 is 2.07 bits per heavy atom. The van der Waals surface area contributed by atoms with Crippen LogP contribution in [0.25, 0.3) is 16.5 Å². The van der Waals surface area contributed by atoms with E-state index in [9.17, 15) is 4.79 Å². The van der Waals surface area contributed by atoms with Gasteiger partial charge in [-0.2, -0.15) is 5.10 Å². The highest BCUT2D eigenvalue weighted by atomic mass is 16.5. The van der Waals surface area contributed by atoms with Crippen molar-refractivity contribution in [1.29, 1.82) is 0 Å². The molecule has 1 aliphatic rings. The van der Waals surface area contributed by atoms with Crippen molar-refractivity contribution < 1.29 is 9.53 Å². The maximum Gasteiger partial charge on any atom is 0.276 e. The molecule has 1 amide bonds. The first-order valence-corrected chi connectivity index (χ1v) is 13.2. The van der Waals surface area contributed by atoms with Gasteiger partial charge in [0.2, 0.25) is 0 Å². The number of nitrogens with zero attached hydrogens (tertiary/aromatic N) is 3. The number of aromatic nitrogens is 3. The SMILES string of the molecule is C=C/C(=C\C=C/C)Cc1ccc(NC(=O)c2n[nH]c3ccc(C4=C/C(Oc5ccccc5)C#CC/N=C\4)cc23)cn1. The summed E-state index contributed by atoms with van der Waals surface area (Å²) in [5.41, 5.74) is 5.26. The van der Waals surface area contributed by atoms with E-state index in [2.05, 4.69) is 43.9 Å². The minimum absolute atomic E-state index is 0.286. The molecule has 7 nitrogen and oxygen atoms in total. The normalized spacial score (nSPS) is 17.0. The van der Waals surface area contributed by atoms with Gasteiger partial charge in [-0.1, -0.05) is 67.0 Å². The smallest absolute Gasteiger partial charge is 0.276 e. The van der Waals surface area contributed by atoms with Crippen LogP contribution in [0.4, 0.5) is 5.69 Å². The summed E-state index contributed by atoms with van der Waals surface area (Å²) >= 11 is 0. The van der Waals surface area contributed by atoms with Gasteiger partial charge in [-0.05, 0) is 60.5 Å². The molecular weight excluding hydrogens is 510 g/mol. The minimum Gasteiger partial charge on any atom is -0.474 e. The number of nitrogens with one attached hydrogen (secondary N) is 2. The van der Waals surface area contributed by atoms with Crippen LogP contribution >= 0.6 is 0 Å². The highest BCUT2D eigenvalue weighted by Gasteiger charge is 2.17. The van der Waals surface area contributed by atoms with Gasteiger partial charge in [0.25, 0.3) is 5.91 Å². The number of carbonyl (C=O) groups is 1. The Kier molecular flexibility index (Phi) is 8.63. The van der Waals surface area contributed by atoms with Gasteiger partial charge in [-0.3, -0.25) is 19.9 Å². The minimum atomic E-state index is -0.446. The maximum atomic E-state index is 13.2. The molecule has 0 bridgehead atoms. The summed E-state index contributed by atoms with van der Waals surface area (Å²) in [7, 11) is 0. The van der Waals surface area contributed by atoms with Crippen LogP contribution in [0, 0.1) is 11.8 Å². The number of rotatable bonds is 9. The lowest BCUT2D eigenvalue weighted by molar-refractivity contribution is 0.102. The Bertz CT molecular complexity index is 1730. The van der Waals surface area contributed by atoms with Crippen LogP contribution in [0.2, 0.25) is 0 Å². The molecule has 0 spiro atoms. The molecule has 1 atom stereocenters. The molecule has 0 saturated heterocycles. The number of para-hydroxylation sites is 1. The van der Waals surface area contributed by atoms with Crippen molar-refractivity contribution in [2.24, 2.45) is 4.99 Å². The van der Waals surface area contributed by atoms with E-state index in [1.165, 1.54) is 0 Å². The second-order valence-electron chi connectivity index (χ2n) is 9.24. The van der Waals surface area contributed by atoms with E-state index in [-0.39, 0.29) is 11.6 Å². The first-order valence-electron chi connectivity index (χ1n) is 13.2. The predicted molar refractivity (Wildman–Crippen MR) is 165 cm³/mol. The Labute approximate surface area is 239 Å². The number of allylic oxidation sites excluding steroid dienone is 6. The number of pyridine rings is 1. The fourth-order valence-electron chi connectivity index (χ4n) is 4.25. The third-order valence-electron chi connectivity index (χ3n) is 6.33. The largest absolute Gasteiger partial charge is 0.474 e. The highest BCUT2D eigenvalue weighted by Crippen LogP contribution is 2.24. The molecule has 0 saturated carbocycles. The fraction of sp³-hybridized carbons (Fsp3) is 0.118. The lowest BCUT2D eigenvalue weighted by Crippen LogP contribution is -2.14. The lowest BCUT2D eigenvalue weighted by atomic mass is 10.0. The number of carbonyl (C=O) groups excluding carboxylic acids is 1. The van der Waals surface area contributed by atoms with Gasteiger partial charge < -0.3 is 10.1 Å². The second-order valence-corrected chi connectivity index (χ2v) is 9.24. The lowest BCUT2D eigenvalue weighted by Gasteiger charge is -2.13. The second kappa shape index (κ2) is 13.0. The molecule has 1 unspecified atom stereocenters. The standard InChI is InChI=1S/C34H29N5O2/c1-3-5-10-24(4-2)19-27-15-16-28(23-36-27)37-34(40)33-31-21-25(14-17-32(31)38-39-33)26-20-30(13-9-18-35-22-26)41-29-11-7-6-8-12-29/h3-8,10-12,14-17,20-23,30H,2,18-19H2,1H3,(H,37,40)(H,38,39)/b5-3-,24-10+,26-20+,35-22-. The molecule has 2 aromatic heterocycles. The van der Waals surface area contributed by atoms with Gasteiger partial charge in [0.15, 0.2) is 11.8 Å². The molecule has 5 rings (SSSR count). The van der Waals surface area contributed by atoms with Crippen LogP contribution in [0.1, 0.15) is 28.7 Å². The van der Waals surface area contributed by atoms with Gasteiger partial charge in [-0.25, -0.2) is 0 Å². The summed E-state index contributed by atoms with van der Waals surface area (Å²) < 4.78 is 6.09. The summed E-state index contributed by atoms with van der Waals surface area (Å²) in [5, 5.41) is 10.9. The summed E-state index contributed by atoms with van der Waals surface area (Å²) in [6.45, 7) is 6.21. The van der Waals surface area contributed by atoms with Crippen molar-refractivity contribution in [2.75, 3.05) is 11.9 Å². The zero-order valence-electron chi connectivity index (χ0n) is 22.7. The van der Waals surface area contributed by atoms with Crippen LogP contribution in [0.5, 0.6) is 5.75 Å². The van der Waals surface area contributed by atoms with E-state index in [1.54, 1.807) is 12.4 Å². The van der Waals surface area contributed by atoms with Crippen molar-refractivity contribution >= 4 is 34.3 Å². The average Bonchev–Trinajstić information content (AvgIpc) is 3.41. The number of aliphatic imine (C=N–C) groups is 1. The molecule has 2 aromatic carbocycles. The predicted octanol–water partition coefficient (Wildman–Crippen LogP) is 6.36. The summed E-state index contributed by atoms with van der Waals surface area (Å²) in [5.74, 6) is 6.55. The number of hydrogen-bond donors (Lipinski definition) is 2. The number of fused-ring (bicyclic) bond motifs is 1. The maximum absolute atomic E-state index is 13.2. The molecule has 0 fully saturated rings. The van der Waals surface area contributed by atoms with Gasteiger partial charge in [0.05, 0.1) is 23.9 Å². The number of amides is 1. The van der Waals surface area contributed by atoms with Crippen LogP contribution in [0.3, 0.4) is 0 Å².